The first-order valence-corrected chi connectivity index (χ1v) is 8.93. The predicted octanol–water partition coefficient (Wildman–Crippen LogP) is 5.04. The summed E-state index contributed by atoms with van der Waals surface area (Å²) < 4.78 is 13.9. The maximum atomic E-state index is 13.9. The Morgan fingerprint density at radius 3 is 2.65 bits per heavy atom. The number of halogens is 1. The molecule has 1 aromatic heterocycles. The molecule has 0 aliphatic rings. The van der Waals surface area contributed by atoms with E-state index >= 15 is 0 Å². The van der Waals surface area contributed by atoms with E-state index in [0.29, 0.717) is 0 Å². The maximum absolute atomic E-state index is 13.9. The summed E-state index contributed by atoms with van der Waals surface area (Å²) in [5.41, 5.74) is 2.73. The van der Waals surface area contributed by atoms with E-state index in [9.17, 15) is 4.39 Å². The van der Waals surface area contributed by atoms with Gasteiger partial charge in [-0.15, -0.1) is 0 Å². The van der Waals surface area contributed by atoms with Gasteiger partial charge in [0.15, 0.2) is 0 Å². The molecule has 4 rings (SSSR count). The fourth-order valence-electron chi connectivity index (χ4n) is 3.45. The zero-order valence-corrected chi connectivity index (χ0v) is 15.1. The van der Waals surface area contributed by atoms with Crippen molar-refractivity contribution < 1.29 is 4.39 Å². The van der Waals surface area contributed by atoms with Crippen LogP contribution in [0.2, 0.25) is 0 Å². The molecule has 4 aromatic rings. The first-order valence-electron chi connectivity index (χ1n) is 8.93. The normalized spacial score (nSPS) is 11.7. The van der Waals surface area contributed by atoms with Crippen molar-refractivity contribution in [1.82, 2.24) is 9.88 Å². The summed E-state index contributed by atoms with van der Waals surface area (Å²) >= 11 is 0. The minimum absolute atomic E-state index is 0.240. The second kappa shape index (κ2) is 6.89. The zero-order valence-electron chi connectivity index (χ0n) is 15.1. The van der Waals surface area contributed by atoms with Crippen molar-refractivity contribution in [1.29, 1.82) is 0 Å². The standard InChI is InChI=1S/C22H22FN3/c1-26(2)13-5-12-24-21-18-10-8-15-6-3-4-7-17(15)22(18)25-20-11-9-16(23)14-19(20)21/h3-4,6-11,14H,5,12-13H2,1-2H3,(H,24,25). The van der Waals surface area contributed by atoms with E-state index in [-0.39, 0.29) is 5.82 Å². The molecule has 0 amide bonds. The second-order valence-electron chi connectivity index (χ2n) is 6.91. The van der Waals surface area contributed by atoms with Crippen molar-refractivity contribution >= 4 is 38.3 Å². The molecule has 0 unspecified atom stereocenters. The monoisotopic (exact) mass is 347 g/mol. The van der Waals surface area contributed by atoms with E-state index in [0.717, 1.165) is 57.8 Å². The van der Waals surface area contributed by atoms with E-state index in [1.807, 2.05) is 12.1 Å². The highest BCUT2D eigenvalue weighted by molar-refractivity contribution is 6.15. The van der Waals surface area contributed by atoms with Gasteiger partial charge in [-0.3, -0.25) is 0 Å². The van der Waals surface area contributed by atoms with Gasteiger partial charge in [0, 0.05) is 22.7 Å². The van der Waals surface area contributed by atoms with Gasteiger partial charge in [0.1, 0.15) is 5.82 Å². The van der Waals surface area contributed by atoms with Crippen LogP contribution in [0.5, 0.6) is 0 Å². The van der Waals surface area contributed by atoms with Gasteiger partial charge in [-0.1, -0.05) is 36.4 Å². The molecule has 0 saturated heterocycles. The Morgan fingerprint density at radius 2 is 1.81 bits per heavy atom. The number of anilines is 1. The molecule has 3 nitrogen and oxygen atoms in total. The third-order valence-corrected chi connectivity index (χ3v) is 4.71. The molecule has 0 saturated carbocycles. The van der Waals surface area contributed by atoms with Gasteiger partial charge in [0.05, 0.1) is 16.7 Å². The van der Waals surface area contributed by atoms with Crippen LogP contribution >= 0.6 is 0 Å². The van der Waals surface area contributed by atoms with Crippen molar-refractivity contribution in [3.8, 4) is 0 Å². The van der Waals surface area contributed by atoms with Gasteiger partial charge in [-0.25, -0.2) is 9.37 Å². The number of aromatic nitrogens is 1. The average molecular weight is 347 g/mol. The Labute approximate surface area is 152 Å². The Balaban J connectivity index is 1.91. The fraction of sp³-hybridized carbons (Fsp3) is 0.227. The largest absolute Gasteiger partial charge is 0.384 e. The van der Waals surface area contributed by atoms with Gasteiger partial charge in [-0.05, 0) is 50.6 Å². The minimum atomic E-state index is -0.240. The Morgan fingerprint density at radius 1 is 0.962 bits per heavy atom. The highest BCUT2D eigenvalue weighted by atomic mass is 19.1. The third kappa shape index (κ3) is 3.08. The van der Waals surface area contributed by atoms with E-state index < -0.39 is 0 Å². The van der Waals surface area contributed by atoms with Crippen LogP contribution in [0.4, 0.5) is 10.1 Å². The molecule has 0 radical (unpaired) electrons. The van der Waals surface area contributed by atoms with Crippen molar-refractivity contribution in [3.63, 3.8) is 0 Å². The van der Waals surface area contributed by atoms with E-state index in [2.05, 4.69) is 48.6 Å². The number of hydrogen-bond donors (Lipinski definition) is 1. The minimum Gasteiger partial charge on any atom is -0.384 e. The van der Waals surface area contributed by atoms with E-state index in [1.54, 1.807) is 12.1 Å². The number of nitrogens with zero attached hydrogens (tertiary/aromatic N) is 2. The summed E-state index contributed by atoms with van der Waals surface area (Å²) in [6.07, 6.45) is 1.02. The van der Waals surface area contributed by atoms with Crippen molar-refractivity contribution in [2.75, 3.05) is 32.5 Å². The molecule has 0 bridgehead atoms. The molecule has 4 heteroatoms. The molecule has 132 valence electrons. The van der Waals surface area contributed by atoms with Gasteiger partial charge in [0.25, 0.3) is 0 Å². The number of fused-ring (bicyclic) bond motifs is 4. The molecule has 0 aliphatic heterocycles. The Kier molecular flexibility index (Phi) is 4.43. The maximum Gasteiger partial charge on any atom is 0.124 e. The molecule has 26 heavy (non-hydrogen) atoms. The Hall–Kier alpha value is -2.72. The SMILES string of the molecule is CN(C)CCCNc1c2cc(F)ccc2nc2c1ccc1ccccc12. The Bertz CT molecular complexity index is 1090. The summed E-state index contributed by atoms with van der Waals surface area (Å²) in [6.45, 7) is 1.83. The van der Waals surface area contributed by atoms with Gasteiger partial charge in [0.2, 0.25) is 0 Å². The lowest BCUT2D eigenvalue weighted by Crippen LogP contribution is -2.16. The molecule has 1 N–H and O–H groups in total. The zero-order chi connectivity index (χ0) is 18.1. The number of rotatable bonds is 5. The fourth-order valence-corrected chi connectivity index (χ4v) is 3.45. The van der Waals surface area contributed by atoms with E-state index in [4.69, 9.17) is 4.98 Å². The highest BCUT2D eigenvalue weighted by Gasteiger charge is 2.12. The molecule has 0 aliphatic carbocycles. The first-order chi connectivity index (χ1) is 12.6. The molecule has 0 fully saturated rings. The van der Waals surface area contributed by atoms with Crippen LogP contribution in [0.25, 0.3) is 32.6 Å². The van der Waals surface area contributed by atoms with Crippen molar-refractivity contribution in [2.24, 2.45) is 0 Å². The van der Waals surface area contributed by atoms with Crippen LogP contribution in [-0.4, -0.2) is 37.1 Å². The molecule has 1 heterocycles. The van der Waals surface area contributed by atoms with Crippen molar-refractivity contribution in [3.05, 3.63) is 60.4 Å². The third-order valence-electron chi connectivity index (χ3n) is 4.71. The molecule has 3 aromatic carbocycles. The number of hydrogen-bond acceptors (Lipinski definition) is 3. The van der Waals surface area contributed by atoms with Gasteiger partial charge >= 0.3 is 0 Å². The predicted molar refractivity (Wildman–Crippen MR) is 108 cm³/mol. The summed E-state index contributed by atoms with van der Waals surface area (Å²) in [7, 11) is 4.14. The number of benzene rings is 3. The first kappa shape index (κ1) is 16.7. The quantitative estimate of drug-likeness (QED) is 0.311. The lowest BCUT2D eigenvalue weighted by atomic mass is 10.0. The molecule has 0 spiro atoms. The van der Waals surface area contributed by atoms with Crippen LogP contribution in [0.15, 0.2) is 54.6 Å². The summed E-state index contributed by atoms with van der Waals surface area (Å²) in [5.74, 6) is -0.240. The van der Waals surface area contributed by atoms with Crippen LogP contribution in [0, 0.1) is 5.82 Å². The molecular formula is C22H22FN3. The van der Waals surface area contributed by atoms with Crippen LogP contribution in [0.3, 0.4) is 0 Å². The summed E-state index contributed by atoms with van der Waals surface area (Å²) in [6, 6.07) is 17.3. The summed E-state index contributed by atoms with van der Waals surface area (Å²) in [5, 5.41) is 7.69. The van der Waals surface area contributed by atoms with E-state index in [1.165, 1.54) is 6.07 Å². The van der Waals surface area contributed by atoms with Crippen molar-refractivity contribution in [2.45, 2.75) is 6.42 Å². The smallest absolute Gasteiger partial charge is 0.124 e. The van der Waals surface area contributed by atoms with Crippen LogP contribution < -0.4 is 5.32 Å². The molecular weight excluding hydrogens is 325 g/mol. The topological polar surface area (TPSA) is 28.2 Å². The second-order valence-corrected chi connectivity index (χ2v) is 6.91. The lowest BCUT2D eigenvalue weighted by molar-refractivity contribution is 0.405. The summed E-state index contributed by atoms with van der Waals surface area (Å²) in [4.78, 5) is 7.01. The van der Waals surface area contributed by atoms with Gasteiger partial charge in [-0.2, -0.15) is 0 Å². The van der Waals surface area contributed by atoms with Gasteiger partial charge < -0.3 is 10.2 Å². The molecule has 0 atom stereocenters. The lowest BCUT2D eigenvalue weighted by Gasteiger charge is -2.15. The average Bonchev–Trinajstić information content (AvgIpc) is 2.64. The highest BCUT2D eigenvalue weighted by Crippen LogP contribution is 2.34. The van der Waals surface area contributed by atoms with Crippen LogP contribution in [-0.2, 0) is 0 Å². The number of pyridine rings is 1. The number of nitrogens with one attached hydrogen (secondary N) is 1. The van der Waals surface area contributed by atoms with Crippen LogP contribution in [0.1, 0.15) is 6.42 Å².